The van der Waals surface area contributed by atoms with E-state index >= 15 is 0 Å². The molecule has 5 atom stereocenters. The van der Waals surface area contributed by atoms with E-state index in [2.05, 4.69) is 0 Å². The molecule has 0 saturated carbocycles. The Morgan fingerprint density at radius 3 is 1.52 bits per heavy atom. The van der Waals surface area contributed by atoms with Gasteiger partial charge in [-0.15, -0.1) is 0 Å². The van der Waals surface area contributed by atoms with Crippen molar-refractivity contribution < 1.29 is 40.0 Å². The molecule has 11 heteroatoms. The largest absolute Gasteiger partial charge is 0.399 e. The van der Waals surface area contributed by atoms with Crippen LogP contribution in [0.15, 0.2) is 114 Å². The molecule has 0 N–H and O–H groups in total. The van der Waals surface area contributed by atoms with Gasteiger partial charge >= 0.3 is 16.5 Å². The van der Waals surface area contributed by atoms with Crippen molar-refractivity contribution in [2.24, 2.45) is 0 Å². The van der Waals surface area contributed by atoms with Gasteiger partial charge < -0.3 is 31.0 Å². The van der Waals surface area contributed by atoms with Gasteiger partial charge in [0.2, 0.25) is 0 Å². The Bertz CT molecular complexity index is 1950. The van der Waals surface area contributed by atoms with Crippen LogP contribution in [0.3, 0.4) is 0 Å². The van der Waals surface area contributed by atoms with Crippen molar-refractivity contribution in [3.05, 3.63) is 97.1 Å². The van der Waals surface area contributed by atoms with Gasteiger partial charge in [0, 0.05) is 21.5 Å². The lowest BCUT2D eigenvalue weighted by Gasteiger charge is -2.27. The third-order valence-electron chi connectivity index (χ3n) is 7.77. The van der Waals surface area contributed by atoms with Gasteiger partial charge in [-0.05, 0) is 45.0 Å². The summed E-state index contributed by atoms with van der Waals surface area (Å²) >= 11 is 0. The summed E-state index contributed by atoms with van der Waals surface area (Å²) in [6.07, 6.45) is -3.03. The number of benzene rings is 4. The summed E-state index contributed by atoms with van der Waals surface area (Å²) in [4.78, 5) is 0. The number of hydrogen-bond donors (Lipinski definition) is 0. The first-order valence-electron chi connectivity index (χ1n) is 14.5. The molecule has 0 spiro atoms. The van der Waals surface area contributed by atoms with Gasteiger partial charge in [-0.25, -0.2) is 0 Å². The molecule has 4 heterocycles. The highest BCUT2D eigenvalue weighted by molar-refractivity contribution is 7.32. The zero-order valence-corrected chi connectivity index (χ0v) is 26.0. The Kier molecular flexibility index (Phi) is 7.08. The van der Waals surface area contributed by atoms with Crippen LogP contribution >= 0.6 is 16.5 Å². The predicted octanol–water partition coefficient (Wildman–Crippen LogP) is 9.08. The summed E-state index contributed by atoms with van der Waals surface area (Å²) in [5.41, 5.74) is 2.71. The fourth-order valence-corrected chi connectivity index (χ4v) is 8.17. The summed E-state index contributed by atoms with van der Waals surface area (Å²) < 4.78 is 57.2. The molecule has 2 aliphatic heterocycles. The van der Waals surface area contributed by atoms with Crippen LogP contribution in [0.25, 0.3) is 43.9 Å². The fraction of sp³-hybridized carbons (Fsp3) is 0.273. The number of hydrogen-bond acceptors (Lipinski definition) is 9. The molecule has 0 aliphatic carbocycles. The molecule has 8 rings (SSSR count). The summed E-state index contributed by atoms with van der Waals surface area (Å²) in [6, 6.07) is 31.3. The predicted molar refractivity (Wildman–Crippen MR) is 168 cm³/mol. The first kappa shape index (κ1) is 28.0. The molecule has 0 unspecified atom stereocenters. The number of para-hydroxylation sites is 4. The SMILES string of the molecule is C[C@H](Op1oc2ccccc2c2ccccc2o1)[C@H]1O[C@@H]2OC(C)(C)O[C@@H]2[C@H]1Op1oc2ccccc2c2ccccc2o1. The highest BCUT2D eigenvalue weighted by Crippen LogP contribution is 2.44. The Labute approximate surface area is 254 Å². The lowest BCUT2D eigenvalue weighted by Crippen LogP contribution is -2.44. The average Bonchev–Trinajstić information content (AvgIpc) is 3.36. The van der Waals surface area contributed by atoms with E-state index in [4.69, 9.17) is 40.0 Å². The summed E-state index contributed by atoms with van der Waals surface area (Å²) in [7, 11) is -3.76. The molecule has 226 valence electrons. The van der Waals surface area contributed by atoms with Crippen molar-refractivity contribution in [3.8, 4) is 0 Å². The summed E-state index contributed by atoms with van der Waals surface area (Å²) in [6.45, 7) is 5.60. The molecule has 6 aromatic rings. The Hall–Kier alpha value is -3.52. The van der Waals surface area contributed by atoms with E-state index in [0.717, 1.165) is 21.5 Å². The Balaban J connectivity index is 1.18. The lowest BCUT2D eigenvalue weighted by atomic mass is 10.1. The second kappa shape index (κ2) is 11.1. The molecule has 2 aliphatic rings. The minimum absolute atomic E-state index is 0.547. The topological polar surface area (TPSA) is 98.7 Å². The van der Waals surface area contributed by atoms with E-state index in [1.807, 2.05) is 118 Å². The quantitative estimate of drug-likeness (QED) is 0.184. The smallest absolute Gasteiger partial charge is 0.387 e. The monoisotopic (exact) mass is 632 g/mol. The lowest BCUT2D eigenvalue weighted by molar-refractivity contribution is -0.218. The van der Waals surface area contributed by atoms with Gasteiger partial charge in [0.05, 0.1) is 6.10 Å². The maximum Gasteiger partial charge on any atom is 0.387 e. The molecule has 2 aromatic heterocycles. The van der Waals surface area contributed by atoms with Crippen LogP contribution in [-0.4, -0.2) is 36.5 Å². The number of ether oxygens (including phenoxy) is 3. The molecule has 0 bridgehead atoms. The van der Waals surface area contributed by atoms with Gasteiger partial charge in [-0.1, -0.05) is 72.8 Å². The fourth-order valence-electron chi connectivity index (χ4n) is 5.82. The van der Waals surface area contributed by atoms with Crippen LogP contribution in [0.5, 0.6) is 0 Å². The maximum absolute atomic E-state index is 6.65. The van der Waals surface area contributed by atoms with Gasteiger partial charge in [0.1, 0.15) is 40.6 Å². The maximum atomic E-state index is 6.65. The third kappa shape index (κ3) is 5.15. The van der Waals surface area contributed by atoms with E-state index in [9.17, 15) is 0 Å². The zero-order chi connectivity index (χ0) is 29.8. The molecular weight excluding hydrogens is 602 g/mol. The standard InChI is InChI=1S/C33H30O9P2/c1-20(37-43-38-25-16-8-4-12-21(25)22-13-5-9-17-26(22)39-43)29-30(31-32(34-29)36-33(2,3)35-31)42-44-40-27-18-10-6-14-23(27)24-15-7-11-19-28(24)41-44/h4-20,29-32H,1-3H3/t20-,29+,30-,31+,32+/m0/s1. The van der Waals surface area contributed by atoms with Crippen molar-refractivity contribution >= 4 is 60.4 Å². The molecule has 0 amide bonds. The van der Waals surface area contributed by atoms with Crippen molar-refractivity contribution in [1.82, 2.24) is 0 Å². The van der Waals surface area contributed by atoms with Crippen molar-refractivity contribution in [2.45, 2.75) is 57.3 Å². The van der Waals surface area contributed by atoms with Crippen LogP contribution in [0.2, 0.25) is 0 Å². The zero-order valence-electron chi connectivity index (χ0n) is 24.2. The molecule has 2 fully saturated rings. The van der Waals surface area contributed by atoms with Crippen molar-refractivity contribution in [2.75, 3.05) is 0 Å². The number of fused-ring (bicyclic) bond motifs is 7. The van der Waals surface area contributed by atoms with Gasteiger partial charge in [0.25, 0.3) is 0 Å². The van der Waals surface area contributed by atoms with Crippen LogP contribution < -0.4 is 9.05 Å². The molecule has 0 radical (unpaired) electrons. The minimum atomic E-state index is -1.91. The van der Waals surface area contributed by atoms with Crippen molar-refractivity contribution in [3.63, 3.8) is 0 Å². The van der Waals surface area contributed by atoms with E-state index in [-0.39, 0.29) is 0 Å². The highest BCUT2D eigenvalue weighted by atomic mass is 31.1. The molecule has 9 nitrogen and oxygen atoms in total. The summed E-state index contributed by atoms with van der Waals surface area (Å²) in [5, 5.41) is 3.73. The van der Waals surface area contributed by atoms with Crippen molar-refractivity contribution in [1.29, 1.82) is 0 Å². The molecule has 4 aromatic carbocycles. The third-order valence-corrected chi connectivity index (χ3v) is 10.1. The minimum Gasteiger partial charge on any atom is -0.399 e. The average molecular weight is 633 g/mol. The van der Waals surface area contributed by atoms with Gasteiger partial charge in [-0.3, -0.25) is 9.05 Å². The summed E-state index contributed by atoms with van der Waals surface area (Å²) in [5.74, 6) is -0.853. The van der Waals surface area contributed by atoms with Crippen LogP contribution in [0.1, 0.15) is 20.8 Å². The van der Waals surface area contributed by atoms with Crippen LogP contribution in [-0.2, 0) is 14.2 Å². The van der Waals surface area contributed by atoms with E-state index < -0.39 is 53.0 Å². The van der Waals surface area contributed by atoms with Gasteiger partial charge in [0.15, 0.2) is 12.1 Å². The Morgan fingerprint density at radius 1 is 0.614 bits per heavy atom. The second-order valence-corrected chi connectivity index (χ2v) is 13.3. The van der Waals surface area contributed by atoms with E-state index in [0.29, 0.717) is 22.3 Å². The highest BCUT2D eigenvalue weighted by Gasteiger charge is 2.58. The van der Waals surface area contributed by atoms with Crippen LogP contribution in [0, 0.1) is 0 Å². The second-order valence-electron chi connectivity index (χ2n) is 11.2. The molecule has 44 heavy (non-hydrogen) atoms. The van der Waals surface area contributed by atoms with Crippen LogP contribution in [0.4, 0.5) is 0 Å². The first-order chi connectivity index (χ1) is 21.4. The Morgan fingerprint density at radius 2 is 1.05 bits per heavy atom. The molecular formula is C33H30O9P2. The first-order valence-corrected chi connectivity index (χ1v) is 16.6. The van der Waals surface area contributed by atoms with E-state index in [1.165, 1.54) is 0 Å². The molecule has 2 saturated heterocycles. The normalized spacial score (nSPS) is 23.3. The van der Waals surface area contributed by atoms with Gasteiger partial charge in [-0.2, -0.15) is 0 Å². The number of rotatable bonds is 5. The van der Waals surface area contributed by atoms with E-state index in [1.54, 1.807) is 0 Å².